The van der Waals surface area contributed by atoms with Gasteiger partial charge in [0.25, 0.3) is 0 Å². The average Bonchev–Trinajstić information content (AvgIpc) is 2.98. The van der Waals surface area contributed by atoms with Crippen molar-refractivity contribution in [2.24, 2.45) is 5.92 Å². The van der Waals surface area contributed by atoms with Crippen molar-refractivity contribution >= 4 is 31.9 Å². The third-order valence-corrected chi connectivity index (χ3v) is 5.67. The summed E-state index contributed by atoms with van der Waals surface area (Å²) in [6.07, 6.45) is 0.0984. The first kappa shape index (κ1) is 19.3. The summed E-state index contributed by atoms with van der Waals surface area (Å²) in [7, 11) is 2.65. The molecule has 2 atom stereocenters. The van der Waals surface area contributed by atoms with E-state index in [2.05, 4.69) is 36.1 Å². The zero-order valence-corrected chi connectivity index (χ0v) is 17.8. The Morgan fingerprint density at radius 2 is 2.00 bits per heavy atom. The molecule has 0 N–H and O–H groups in total. The molecule has 1 aromatic heterocycles. The molecule has 0 spiro atoms. The van der Waals surface area contributed by atoms with Crippen LogP contribution in [0.25, 0.3) is 11.3 Å². The number of ether oxygens (including phenoxy) is 1. The van der Waals surface area contributed by atoms with Crippen molar-refractivity contribution in [1.82, 2.24) is 4.98 Å². The average molecular weight is 390 g/mol. The molecule has 138 valence electrons. The number of carbonyl (C=O) groups excluding carboxylic acids is 1. The van der Waals surface area contributed by atoms with Crippen LogP contribution in [0.15, 0.2) is 24.3 Å². The summed E-state index contributed by atoms with van der Waals surface area (Å²) >= 11 is 6.15. The van der Waals surface area contributed by atoms with Crippen LogP contribution in [0.1, 0.15) is 45.9 Å². The topological polar surface area (TPSA) is 39.2 Å². The maximum Gasteiger partial charge on any atom is 0.176 e. The highest BCUT2D eigenvalue weighted by atomic mass is 35.5. The minimum Gasteiger partial charge on any atom is -0.480 e. The van der Waals surface area contributed by atoms with Gasteiger partial charge in [-0.2, -0.15) is 0 Å². The second kappa shape index (κ2) is 6.94. The number of fused-ring (bicyclic) bond motifs is 1. The van der Waals surface area contributed by atoms with E-state index in [9.17, 15) is 4.79 Å². The quantitative estimate of drug-likeness (QED) is 0.712. The van der Waals surface area contributed by atoms with Crippen LogP contribution >= 0.6 is 20.8 Å². The number of carbonyl (C=O) groups is 1. The summed E-state index contributed by atoms with van der Waals surface area (Å²) in [4.78, 5) is 17.3. The van der Waals surface area contributed by atoms with Crippen LogP contribution < -0.4 is 10.0 Å². The summed E-state index contributed by atoms with van der Waals surface area (Å²) in [5, 5.41) is 1.65. The van der Waals surface area contributed by atoms with E-state index in [1.807, 2.05) is 32.0 Å². The Morgan fingerprint density at radius 3 is 2.58 bits per heavy atom. The van der Waals surface area contributed by atoms with E-state index < -0.39 is 6.10 Å². The number of nitrogens with zero attached hydrogens (tertiary/aromatic N) is 1. The van der Waals surface area contributed by atoms with Crippen LogP contribution in [-0.2, 0) is 16.6 Å². The Balaban J connectivity index is 2.10. The summed E-state index contributed by atoms with van der Waals surface area (Å²) in [5.41, 5.74) is 3.72. The second-order valence-electron chi connectivity index (χ2n) is 8.18. The van der Waals surface area contributed by atoms with Gasteiger partial charge in [-0.25, -0.2) is 4.98 Å². The number of hydrogen-bond acceptors (Lipinski definition) is 3. The molecule has 0 radical (unpaired) electrons. The molecule has 2 unspecified atom stereocenters. The fraction of sp³-hybridized carbons (Fsp3) is 0.429. The third-order valence-electron chi connectivity index (χ3n) is 4.67. The summed E-state index contributed by atoms with van der Waals surface area (Å²) < 4.78 is 6.08. The van der Waals surface area contributed by atoms with Gasteiger partial charge in [-0.05, 0) is 28.9 Å². The smallest absolute Gasteiger partial charge is 0.176 e. The maximum absolute atomic E-state index is 12.4. The van der Waals surface area contributed by atoms with Crippen molar-refractivity contribution in [2.75, 3.05) is 0 Å². The normalized spacial score (nSPS) is 16.5. The van der Waals surface area contributed by atoms with Gasteiger partial charge in [0.15, 0.2) is 11.9 Å². The van der Waals surface area contributed by atoms with Gasteiger partial charge in [0.05, 0.1) is 11.4 Å². The first-order chi connectivity index (χ1) is 12.1. The lowest BCUT2D eigenvalue weighted by atomic mass is 9.85. The molecule has 0 amide bonds. The van der Waals surface area contributed by atoms with E-state index in [1.54, 1.807) is 0 Å². The Hall–Kier alpha value is -1.44. The predicted octanol–water partition coefficient (Wildman–Crippen LogP) is 4.73. The molecule has 2 heterocycles. The molecule has 0 saturated carbocycles. The van der Waals surface area contributed by atoms with E-state index in [0.29, 0.717) is 11.4 Å². The molecule has 3 rings (SSSR count). The molecule has 26 heavy (non-hydrogen) atoms. The van der Waals surface area contributed by atoms with Crippen molar-refractivity contribution in [3.63, 3.8) is 0 Å². The molecule has 0 aliphatic carbocycles. The summed E-state index contributed by atoms with van der Waals surface area (Å²) in [6, 6.07) is 7.95. The lowest BCUT2D eigenvalue weighted by molar-refractivity contribution is -0.128. The highest BCUT2D eigenvalue weighted by Crippen LogP contribution is 2.41. The lowest BCUT2D eigenvalue weighted by Crippen LogP contribution is -2.29. The zero-order valence-electron chi connectivity index (χ0n) is 15.9. The van der Waals surface area contributed by atoms with E-state index in [4.69, 9.17) is 21.3 Å². The summed E-state index contributed by atoms with van der Waals surface area (Å²) in [5.74, 6) is 0.853. The molecule has 1 aliphatic rings. The van der Waals surface area contributed by atoms with Gasteiger partial charge < -0.3 is 4.74 Å². The Morgan fingerprint density at radius 1 is 1.31 bits per heavy atom. The van der Waals surface area contributed by atoms with E-state index >= 15 is 0 Å². The van der Waals surface area contributed by atoms with Crippen LogP contribution in [0.3, 0.4) is 0 Å². The number of halogens is 1. The van der Waals surface area contributed by atoms with Crippen molar-refractivity contribution in [1.29, 1.82) is 0 Å². The second-order valence-corrected chi connectivity index (χ2v) is 9.21. The minimum atomic E-state index is -0.434. The monoisotopic (exact) mass is 389 g/mol. The fourth-order valence-corrected chi connectivity index (χ4v) is 3.55. The van der Waals surface area contributed by atoms with Gasteiger partial charge in [0, 0.05) is 28.5 Å². The molecular formula is C21H25ClNO2P. The number of rotatable bonds is 3. The number of benzene rings is 1. The highest BCUT2D eigenvalue weighted by molar-refractivity contribution is 7.28. The van der Waals surface area contributed by atoms with Gasteiger partial charge in [0.1, 0.15) is 5.75 Å². The van der Waals surface area contributed by atoms with Gasteiger partial charge >= 0.3 is 0 Å². The summed E-state index contributed by atoms with van der Waals surface area (Å²) in [6.45, 7) is 10.3. The standard InChI is InChI=1S/C21H25ClNO2P/c1-11(2)19(24)17-10-16-20(25-17)13(21(3,4)5)9-15(23-16)12-6-7-14(22)18(26)8-12/h6-9,11,17H,10,26H2,1-5H3. The van der Waals surface area contributed by atoms with Crippen LogP contribution in [-0.4, -0.2) is 16.9 Å². The van der Waals surface area contributed by atoms with Crippen LogP contribution in [0.2, 0.25) is 5.02 Å². The zero-order chi connectivity index (χ0) is 19.2. The third kappa shape index (κ3) is 3.66. The molecule has 0 fully saturated rings. The Labute approximate surface area is 162 Å². The predicted molar refractivity (Wildman–Crippen MR) is 111 cm³/mol. The van der Waals surface area contributed by atoms with E-state index in [-0.39, 0.29) is 17.1 Å². The Bertz CT molecular complexity index is 871. The van der Waals surface area contributed by atoms with E-state index in [1.165, 1.54) is 0 Å². The number of aromatic nitrogens is 1. The molecule has 3 nitrogen and oxygen atoms in total. The molecule has 0 saturated heterocycles. The first-order valence-corrected chi connectivity index (χ1v) is 9.83. The van der Waals surface area contributed by atoms with Crippen molar-refractivity contribution in [3.8, 4) is 17.0 Å². The van der Waals surface area contributed by atoms with E-state index in [0.717, 1.165) is 33.6 Å². The highest BCUT2D eigenvalue weighted by Gasteiger charge is 2.36. The Kier molecular flexibility index (Phi) is 5.16. The van der Waals surface area contributed by atoms with Crippen molar-refractivity contribution in [2.45, 2.75) is 52.6 Å². The number of hydrogen-bond donors (Lipinski definition) is 0. The molecule has 5 heteroatoms. The minimum absolute atomic E-state index is 0.0530. The maximum atomic E-state index is 12.4. The first-order valence-electron chi connectivity index (χ1n) is 8.88. The number of pyridine rings is 1. The van der Waals surface area contributed by atoms with Crippen LogP contribution in [0.4, 0.5) is 0 Å². The van der Waals surface area contributed by atoms with Crippen molar-refractivity contribution < 1.29 is 9.53 Å². The molecule has 1 aliphatic heterocycles. The van der Waals surface area contributed by atoms with Gasteiger partial charge in [0.2, 0.25) is 0 Å². The van der Waals surface area contributed by atoms with Crippen molar-refractivity contribution in [3.05, 3.63) is 40.5 Å². The molecule has 2 aromatic rings. The van der Waals surface area contributed by atoms with Gasteiger partial charge in [-0.3, -0.25) is 4.79 Å². The van der Waals surface area contributed by atoms with Crippen LogP contribution in [0.5, 0.6) is 5.75 Å². The molecule has 0 bridgehead atoms. The lowest BCUT2D eigenvalue weighted by Gasteiger charge is -2.23. The van der Waals surface area contributed by atoms with Crippen LogP contribution in [0, 0.1) is 5.92 Å². The number of Topliss-reactive ketones (excluding diaryl/α,β-unsaturated/α-hetero) is 1. The van der Waals surface area contributed by atoms with Gasteiger partial charge in [-0.1, -0.05) is 52.3 Å². The largest absolute Gasteiger partial charge is 0.480 e. The van der Waals surface area contributed by atoms with Gasteiger partial charge in [-0.15, -0.1) is 9.24 Å². The SMILES string of the molecule is CC(C)C(=O)C1Cc2nc(-c3ccc(Cl)c(P)c3)cc(C(C)(C)C)c2O1. The molecular weight excluding hydrogens is 365 g/mol. The number of ketones is 1. The fourth-order valence-electron chi connectivity index (χ4n) is 3.15. The molecule has 1 aromatic carbocycles.